The molecule has 0 saturated heterocycles. The van der Waals surface area contributed by atoms with E-state index in [0.29, 0.717) is 5.70 Å². The van der Waals surface area contributed by atoms with E-state index in [4.69, 9.17) is 0 Å². The number of rotatable bonds is 2. The van der Waals surface area contributed by atoms with Crippen LogP contribution in [0.25, 0.3) is 0 Å². The van der Waals surface area contributed by atoms with Crippen molar-refractivity contribution in [3.05, 3.63) is 11.3 Å². The Morgan fingerprint density at radius 3 is 2.33 bits per heavy atom. The van der Waals surface area contributed by atoms with Gasteiger partial charge in [0.2, 0.25) is 5.92 Å². The Kier molecular flexibility index (Phi) is 3.66. The lowest BCUT2D eigenvalue weighted by atomic mass is 9.90. The molecule has 1 aliphatic carbocycles. The first-order valence-corrected chi connectivity index (χ1v) is 4.86. The Morgan fingerprint density at radius 2 is 1.93 bits per heavy atom. The fourth-order valence-electron chi connectivity index (χ4n) is 1.69. The van der Waals surface area contributed by atoms with Gasteiger partial charge in [-0.2, -0.15) is 0 Å². The molecule has 0 radical (unpaired) electrons. The Bertz CT molecular complexity index is 275. The van der Waals surface area contributed by atoms with Crippen LogP contribution in [-0.4, -0.2) is 26.0 Å². The van der Waals surface area contributed by atoms with E-state index >= 15 is 0 Å². The highest BCUT2D eigenvalue weighted by atomic mass is 19.3. The summed E-state index contributed by atoms with van der Waals surface area (Å²) in [6.45, 7) is 0. The quantitative estimate of drug-likeness (QED) is 0.569. The third-order valence-electron chi connectivity index (χ3n) is 2.58. The molecule has 15 heavy (non-hydrogen) atoms. The molecule has 0 heterocycles. The Balaban J connectivity index is 2.77. The number of hydrogen-bond donors (Lipinski definition) is 1. The molecule has 86 valence electrons. The van der Waals surface area contributed by atoms with Gasteiger partial charge in [-0.05, 0) is 18.4 Å². The van der Waals surface area contributed by atoms with Gasteiger partial charge in [0.1, 0.15) is 5.70 Å². The Hall–Kier alpha value is -1.13. The minimum atomic E-state index is -2.58. The van der Waals surface area contributed by atoms with Crippen LogP contribution in [0.3, 0.4) is 0 Å². The normalized spacial score (nSPS) is 19.6. The topological polar surface area (TPSA) is 38.3 Å². The van der Waals surface area contributed by atoms with E-state index in [2.05, 4.69) is 10.1 Å². The summed E-state index contributed by atoms with van der Waals surface area (Å²) in [7, 11) is 2.86. The van der Waals surface area contributed by atoms with Crippen LogP contribution in [0.4, 0.5) is 8.78 Å². The highest BCUT2D eigenvalue weighted by Gasteiger charge is 2.34. The smallest absolute Gasteiger partial charge is 0.354 e. The summed E-state index contributed by atoms with van der Waals surface area (Å²) in [6.07, 6.45) is 0.117. The summed E-state index contributed by atoms with van der Waals surface area (Å²) < 4.78 is 30.3. The highest BCUT2D eigenvalue weighted by Crippen LogP contribution is 2.36. The summed E-state index contributed by atoms with van der Waals surface area (Å²) in [5, 5.41) is 2.71. The SMILES string of the molecule is CNC(C(=O)OC)=C1CCC(F)(F)CC1. The minimum Gasteiger partial charge on any atom is -0.464 e. The zero-order valence-electron chi connectivity index (χ0n) is 8.90. The van der Waals surface area contributed by atoms with Crippen LogP contribution >= 0.6 is 0 Å². The first-order valence-electron chi connectivity index (χ1n) is 4.86. The molecule has 1 aliphatic rings. The Labute approximate surface area is 87.5 Å². The van der Waals surface area contributed by atoms with Gasteiger partial charge in [-0.15, -0.1) is 0 Å². The van der Waals surface area contributed by atoms with Gasteiger partial charge in [0.25, 0.3) is 0 Å². The summed E-state index contributed by atoms with van der Waals surface area (Å²) in [5.41, 5.74) is 1.06. The highest BCUT2D eigenvalue weighted by molar-refractivity contribution is 5.88. The van der Waals surface area contributed by atoms with Gasteiger partial charge in [0.05, 0.1) is 7.11 Å². The summed E-state index contributed by atoms with van der Waals surface area (Å²) in [5.74, 6) is -3.07. The van der Waals surface area contributed by atoms with Crippen LogP contribution in [-0.2, 0) is 9.53 Å². The van der Waals surface area contributed by atoms with Gasteiger partial charge in [-0.25, -0.2) is 13.6 Å². The molecule has 0 aromatic heterocycles. The lowest BCUT2D eigenvalue weighted by Gasteiger charge is -2.24. The van der Waals surface area contributed by atoms with Crippen molar-refractivity contribution in [2.45, 2.75) is 31.6 Å². The first-order chi connectivity index (χ1) is 7.00. The minimum absolute atomic E-state index is 0.190. The number of likely N-dealkylation sites (N-methyl/N-ethyl adjacent to an activating group) is 1. The van der Waals surface area contributed by atoms with E-state index in [-0.39, 0.29) is 25.7 Å². The second-order valence-electron chi connectivity index (χ2n) is 3.58. The van der Waals surface area contributed by atoms with Crippen LogP contribution in [0.15, 0.2) is 11.3 Å². The average Bonchev–Trinajstić information content (AvgIpc) is 2.21. The maximum absolute atomic E-state index is 12.9. The van der Waals surface area contributed by atoms with Crippen molar-refractivity contribution < 1.29 is 18.3 Å². The number of carbonyl (C=O) groups is 1. The molecule has 0 aromatic rings. The lowest BCUT2D eigenvalue weighted by Crippen LogP contribution is -2.26. The van der Waals surface area contributed by atoms with E-state index in [0.717, 1.165) is 5.57 Å². The molecule has 1 N–H and O–H groups in total. The Morgan fingerprint density at radius 1 is 1.40 bits per heavy atom. The molecule has 0 aliphatic heterocycles. The van der Waals surface area contributed by atoms with Gasteiger partial charge in [-0.3, -0.25) is 0 Å². The van der Waals surface area contributed by atoms with E-state index in [9.17, 15) is 13.6 Å². The molecule has 1 rings (SSSR count). The summed E-state index contributed by atoms with van der Waals surface area (Å²) >= 11 is 0. The first kappa shape index (κ1) is 11.9. The molecule has 1 saturated carbocycles. The number of nitrogens with one attached hydrogen (secondary N) is 1. The van der Waals surface area contributed by atoms with Crippen LogP contribution in [0.2, 0.25) is 0 Å². The van der Waals surface area contributed by atoms with Crippen molar-refractivity contribution >= 4 is 5.97 Å². The van der Waals surface area contributed by atoms with Gasteiger partial charge in [0, 0.05) is 19.9 Å². The largest absolute Gasteiger partial charge is 0.464 e. The van der Waals surface area contributed by atoms with E-state index in [1.807, 2.05) is 0 Å². The molecular formula is C10H15F2NO2. The number of esters is 1. The molecule has 0 spiro atoms. The van der Waals surface area contributed by atoms with Gasteiger partial charge < -0.3 is 10.1 Å². The number of carbonyl (C=O) groups excluding carboxylic acids is 1. The predicted octanol–water partition coefficient (Wildman–Crippen LogP) is 1.84. The van der Waals surface area contributed by atoms with Crippen molar-refractivity contribution in [1.29, 1.82) is 0 Å². The van der Waals surface area contributed by atoms with Crippen LogP contribution in [0.1, 0.15) is 25.7 Å². The average molecular weight is 219 g/mol. The fourth-order valence-corrected chi connectivity index (χ4v) is 1.69. The molecule has 0 bridgehead atoms. The monoisotopic (exact) mass is 219 g/mol. The van der Waals surface area contributed by atoms with Gasteiger partial charge in [0.15, 0.2) is 0 Å². The third kappa shape index (κ3) is 2.91. The number of methoxy groups -OCH3 is 1. The van der Waals surface area contributed by atoms with Crippen molar-refractivity contribution in [2.75, 3.05) is 14.2 Å². The van der Waals surface area contributed by atoms with Crippen LogP contribution in [0, 0.1) is 0 Å². The molecule has 0 amide bonds. The number of alkyl halides is 2. The second-order valence-corrected chi connectivity index (χ2v) is 3.58. The summed E-state index contributed by atoms with van der Waals surface area (Å²) in [6, 6.07) is 0. The predicted molar refractivity (Wildman–Crippen MR) is 51.5 cm³/mol. The molecule has 5 heteroatoms. The molecular weight excluding hydrogens is 204 g/mol. The zero-order valence-corrected chi connectivity index (χ0v) is 8.90. The lowest BCUT2D eigenvalue weighted by molar-refractivity contribution is -0.136. The van der Waals surface area contributed by atoms with Gasteiger partial charge in [-0.1, -0.05) is 0 Å². The van der Waals surface area contributed by atoms with Gasteiger partial charge >= 0.3 is 5.97 Å². The van der Waals surface area contributed by atoms with E-state index in [1.54, 1.807) is 7.05 Å². The van der Waals surface area contributed by atoms with Crippen molar-refractivity contribution in [2.24, 2.45) is 0 Å². The number of halogens is 2. The van der Waals surface area contributed by atoms with Crippen molar-refractivity contribution in [3.63, 3.8) is 0 Å². The number of hydrogen-bond acceptors (Lipinski definition) is 3. The van der Waals surface area contributed by atoms with Crippen molar-refractivity contribution in [3.8, 4) is 0 Å². The van der Waals surface area contributed by atoms with E-state index in [1.165, 1.54) is 7.11 Å². The maximum Gasteiger partial charge on any atom is 0.354 e. The van der Waals surface area contributed by atoms with Crippen molar-refractivity contribution in [1.82, 2.24) is 5.32 Å². The molecule has 0 atom stereocenters. The molecule has 1 fully saturated rings. The van der Waals surface area contributed by atoms with Crippen LogP contribution < -0.4 is 5.32 Å². The summed E-state index contributed by atoms with van der Waals surface area (Å²) in [4.78, 5) is 11.3. The number of allylic oxidation sites excluding steroid dienone is 1. The zero-order chi connectivity index (χ0) is 11.5. The molecule has 0 unspecified atom stereocenters. The number of ether oxygens (including phenoxy) is 1. The standard InChI is InChI=1S/C10H15F2NO2/c1-13-8(9(14)15-2)7-3-5-10(11,12)6-4-7/h13H,3-6H2,1-2H3. The van der Waals surface area contributed by atoms with E-state index < -0.39 is 11.9 Å². The second kappa shape index (κ2) is 4.59. The molecule has 3 nitrogen and oxygen atoms in total. The maximum atomic E-state index is 12.9. The van der Waals surface area contributed by atoms with Crippen LogP contribution in [0.5, 0.6) is 0 Å². The molecule has 0 aromatic carbocycles. The fraction of sp³-hybridized carbons (Fsp3) is 0.700. The third-order valence-corrected chi connectivity index (χ3v) is 2.58.